The number of hydrogen-bond donors (Lipinski definition) is 2. The summed E-state index contributed by atoms with van der Waals surface area (Å²) in [7, 11) is 3.82. The number of hydrogen-bond acceptors (Lipinski definition) is 5. The number of nitrogens with one attached hydrogen (secondary N) is 1. The van der Waals surface area contributed by atoms with E-state index >= 15 is 0 Å². The smallest absolute Gasteiger partial charge is 0.225 e. The van der Waals surface area contributed by atoms with Gasteiger partial charge in [-0.25, -0.2) is 9.97 Å². The molecule has 1 unspecified atom stereocenters. The molecule has 0 spiro atoms. The predicted octanol–water partition coefficient (Wildman–Crippen LogP) is 0.403. The highest BCUT2D eigenvalue weighted by Gasteiger charge is 2.05. The molecule has 0 amide bonds. The summed E-state index contributed by atoms with van der Waals surface area (Å²) in [6, 6.07) is 2.02. The topological polar surface area (TPSA) is 61.3 Å². The molecule has 1 atom stereocenters. The van der Waals surface area contributed by atoms with Crippen LogP contribution in [0, 0.1) is 0 Å². The van der Waals surface area contributed by atoms with Crippen LogP contribution in [-0.4, -0.2) is 41.8 Å². The molecule has 0 bridgehead atoms. The molecule has 0 fully saturated rings. The van der Waals surface area contributed by atoms with Gasteiger partial charge in [-0.15, -0.1) is 0 Å². The van der Waals surface area contributed by atoms with Crippen molar-refractivity contribution in [2.75, 3.05) is 25.6 Å². The molecule has 0 saturated heterocycles. The van der Waals surface area contributed by atoms with Crippen molar-refractivity contribution < 1.29 is 5.11 Å². The lowest BCUT2D eigenvalue weighted by atomic mass is 10.2. The molecule has 0 aliphatic heterocycles. The largest absolute Gasteiger partial charge is 0.395 e. The first-order valence-corrected chi connectivity index (χ1v) is 5.50. The summed E-state index contributed by atoms with van der Waals surface area (Å²) in [5, 5.41) is 12.3. The lowest BCUT2D eigenvalue weighted by Gasteiger charge is -2.14. The summed E-state index contributed by atoms with van der Waals surface area (Å²) >= 11 is 0. The van der Waals surface area contributed by atoms with E-state index in [1.165, 1.54) is 0 Å². The molecular weight excluding hydrogens is 204 g/mol. The third kappa shape index (κ3) is 3.75. The highest BCUT2D eigenvalue weighted by atomic mass is 16.3. The van der Waals surface area contributed by atoms with Crippen LogP contribution in [0.4, 0.5) is 5.95 Å². The number of aromatic nitrogens is 2. The first-order valence-electron chi connectivity index (χ1n) is 5.50. The molecule has 1 aromatic heterocycles. The van der Waals surface area contributed by atoms with Gasteiger partial charge in [-0.3, -0.25) is 0 Å². The minimum Gasteiger partial charge on any atom is -0.395 e. The van der Waals surface area contributed by atoms with E-state index in [-0.39, 0.29) is 12.6 Å². The van der Waals surface area contributed by atoms with E-state index in [1.54, 1.807) is 6.20 Å². The quantitative estimate of drug-likeness (QED) is 0.732. The second-order valence-corrected chi connectivity index (χ2v) is 3.91. The van der Waals surface area contributed by atoms with Crippen molar-refractivity contribution in [2.24, 2.45) is 0 Å². The standard InChI is InChI=1S/C11H20N4O/c1-4-9(8-16)13-7-10-5-6-12-11(14-10)15(2)3/h5-6,9,13,16H,4,7-8H2,1-3H3. The molecule has 90 valence electrons. The Bertz CT molecular complexity index is 313. The Morgan fingerprint density at radius 1 is 1.50 bits per heavy atom. The number of anilines is 1. The Balaban J connectivity index is 2.56. The van der Waals surface area contributed by atoms with Crippen LogP contribution in [0.5, 0.6) is 0 Å². The van der Waals surface area contributed by atoms with Crippen molar-refractivity contribution in [3.8, 4) is 0 Å². The Labute approximate surface area is 96.5 Å². The highest BCUT2D eigenvalue weighted by molar-refractivity contribution is 5.26. The molecule has 1 aromatic rings. The Morgan fingerprint density at radius 2 is 2.25 bits per heavy atom. The number of aliphatic hydroxyl groups excluding tert-OH is 1. The van der Waals surface area contributed by atoms with Gasteiger partial charge in [0, 0.05) is 32.9 Å². The van der Waals surface area contributed by atoms with Gasteiger partial charge in [0.2, 0.25) is 5.95 Å². The molecule has 0 aliphatic rings. The summed E-state index contributed by atoms with van der Waals surface area (Å²) in [5.41, 5.74) is 0.936. The zero-order valence-corrected chi connectivity index (χ0v) is 10.1. The van der Waals surface area contributed by atoms with Crippen molar-refractivity contribution in [3.05, 3.63) is 18.0 Å². The van der Waals surface area contributed by atoms with Gasteiger partial charge in [0.05, 0.1) is 12.3 Å². The summed E-state index contributed by atoms with van der Waals surface area (Å²) in [6.45, 7) is 2.85. The zero-order chi connectivity index (χ0) is 12.0. The number of rotatable bonds is 6. The van der Waals surface area contributed by atoms with Gasteiger partial charge in [-0.1, -0.05) is 6.92 Å². The fourth-order valence-corrected chi connectivity index (χ4v) is 1.29. The van der Waals surface area contributed by atoms with Gasteiger partial charge in [0.25, 0.3) is 0 Å². The van der Waals surface area contributed by atoms with Crippen molar-refractivity contribution in [2.45, 2.75) is 25.9 Å². The molecule has 5 nitrogen and oxygen atoms in total. The fraction of sp³-hybridized carbons (Fsp3) is 0.636. The summed E-state index contributed by atoms with van der Waals surface area (Å²) in [4.78, 5) is 10.4. The maximum absolute atomic E-state index is 9.04. The molecule has 1 rings (SSSR count). The normalized spacial score (nSPS) is 12.5. The van der Waals surface area contributed by atoms with Gasteiger partial charge >= 0.3 is 0 Å². The van der Waals surface area contributed by atoms with E-state index in [2.05, 4.69) is 15.3 Å². The average Bonchev–Trinajstić information content (AvgIpc) is 2.31. The van der Waals surface area contributed by atoms with Crippen LogP contribution in [0.2, 0.25) is 0 Å². The van der Waals surface area contributed by atoms with Gasteiger partial charge < -0.3 is 15.3 Å². The number of nitrogens with zero attached hydrogens (tertiary/aromatic N) is 3. The van der Waals surface area contributed by atoms with Gasteiger partial charge in [-0.2, -0.15) is 0 Å². The van der Waals surface area contributed by atoms with Gasteiger partial charge in [-0.05, 0) is 12.5 Å². The van der Waals surface area contributed by atoms with Crippen molar-refractivity contribution in [1.82, 2.24) is 15.3 Å². The second kappa shape index (κ2) is 6.40. The van der Waals surface area contributed by atoms with E-state index in [9.17, 15) is 0 Å². The van der Waals surface area contributed by atoms with Crippen LogP contribution >= 0.6 is 0 Å². The first-order chi connectivity index (χ1) is 7.67. The van der Waals surface area contributed by atoms with Crippen LogP contribution < -0.4 is 10.2 Å². The molecule has 2 N–H and O–H groups in total. The predicted molar refractivity (Wildman–Crippen MR) is 64.4 cm³/mol. The Morgan fingerprint density at radius 3 is 2.81 bits per heavy atom. The van der Waals surface area contributed by atoms with Gasteiger partial charge in [0.1, 0.15) is 0 Å². The van der Waals surface area contributed by atoms with E-state index in [0.29, 0.717) is 12.5 Å². The van der Waals surface area contributed by atoms with Crippen LogP contribution in [0.3, 0.4) is 0 Å². The maximum Gasteiger partial charge on any atom is 0.225 e. The molecule has 0 saturated carbocycles. The van der Waals surface area contributed by atoms with Crippen molar-refractivity contribution >= 4 is 5.95 Å². The lowest BCUT2D eigenvalue weighted by molar-refractivity contribution is 0.238. The monoisotopic (exact) mass is 224 g/mol. The van der Waals surface area contributed by atoms with Crippen molar-refractivity contribution in [1.29, 1.82) is 0 Å². The van der Waals surface area contributed by atoms with E-state index in [0.717, 1.165) is 12.1 Å². The molecule has 0 aliphatic carbocycles. The lowest BCUT2D eigenvalue weighted by Crippen LogP contribution is -2.31. The molecule has 1 heterocycles. The number of aliphatic hydroxyl groups is 1. The first kappa shape index (κ1) is 12.9. The highest BCUT2D eigenvalue weighted by Crippen LogP contribution is 2.03. The minimum absolute atomic E-state index is 0.137. The summed E-state index contributed by atoms with van der Waals surface area (Å²) in [6.07, 6.45) is 2.65. The fourth-order valence-electron chi connectivity index (χ4n) is 1.29. The molecule has 0 aromatic carbocycles. The van der Waals surface area contributed by atoms with Gasteiger partial charge in [0.15, 0.2) is 0 Å². The third-order valence-corrected chi connectivity index (χ3v) is 2.39. The second-order valence-electron chi connectivity index (χ2n) is 3.91. The van der Waals surface area contributed by atoms with Crippen LogP contribution in [-0.2, 0) is 6.54 Å². The SMILES string of the molecule is CCC(CO)NCc1ccnc(N(C)C)n1. The van der Waals surface area contributed by atoms with Crippen LogP contribution in [0.15, 0.2) is 12.3 Å². The molecule has 16 heavy (non-hydrogen) atoms. The molecule has 0 radical (unpaired) electrons. The average molecular weight is 224 g/mol. The van der Waals surface area contributed by atoms with E-state index in [1.807, 2.05) is 32.0 Å². The molecule has 5 heteroatoms. The summed E-state index contributed by atoms with van der Waals surface area (Å²) in [5.74, 6) is 0.705. The maximum atomic E-state index is 9.04. The van der Waals surface area contributed by atoms with E-state index < -0.39 is 0 Å². The zero-order valence-electron chi connectivity index (χ0n) is 10.1. The van der Waals surface area contributed by atoms with Crippen molar-refractivity contribution in [3.63, 3.8) is 0 Å². The minimum atomic E-state index is 0.137. The third-order valence-electron chi connectivity index (χ3n) is 2.39. The van der Waals surface area contributed by atoms with Crippen LogP contribution in [0.1, 0.15) is 19.0 Å². The molecular formula is C11H20N4O. The van der Waals surface area contributed by atoms with Crippen LogP contribution in [0.25, 0.3) is 0 Å². The summed E-state index contributed by atoms with van der Waals surface area (Å²) < 4.78 is 0. The van der Waals surface area contributed by atoms with E-state index in [4.69, 9.17) is 5.11 Å². The Hall–Kier alpha value is -1.20. The Kier molecular flexibility index (Phi) is 5.14.